The molecule has 0 saturated carbocycles. The Morgan fingerprint density at radius 1 is 1.28 bits per heavy atom. The molecule has 0 fully saturated rings. The molecule has 0 aliphatic heterocycles. The molecule has 0 aliphatic carbocycles. The Balaban J connectivity index is 2.59. The van der Waals surface area contributed by atoms with Crippen LogP contribution in [0.3, 0.4) is 0 Å². The van der Waals surface area contributed by atoms with Crippen LogP contribution in [-0.2, 0) is 0 Å². The van der Waals surface area contributed by atoms with Crippen LogP contribution in [0.15, 0.2) is 30.5 Å². The minimum Gasteiger partial charge on any atom is -0.372 e. The second kappa shape index (κ2) is 5.16. The summed E-state index contributed by atoms with van der Waals surface area (Å²) < 4.78 is 0. The van der Waals surface area contributed by atoms with Crippen LogP contribution in [0.25, 0.3) is 10.9 Å². The van der Waals surface area contributed by atoms with E-state index in [2.05, 4.69) is 17.1 Å². The molecule has 0 spiro atoms. The van der Waals surface area contributed by atoms with Crippen molar-refractivity contribution in [2.45, 2.75) is 6.42 Å². The van der Waals surface area contributed by atoms with E-state index in [4.69, 9.17) is 5.26 Å². The van der Waals surface area contributed by atoms with Gasteiger partial charge in [0.2, 0.25) is 0 Å². The second-order valence-corrected chi connectivity index (χ2v) is 3.98. The molecule has 0 bridgehead atoms. The van der Waals surface area contributed by atoms with E-state index in [-0.39, 0.29) is 0 Å². The zero-order valence-electron chi connectivity index (χ0n) is 10.1. The van der Waals surface area contributed by atoms with E-state index in [0.717, 1.165) is 16.6 Å². The Hall–Kier alpha value is -2.59. The van der Waals surface area contributed by atoms with Crippen LogP contribution in [-0.4, -0.2) is 18.6 Å². The highest BCUT2D eigenvalue weighted by molar-refractivity contribution is 5.94. The van der Waals surface area contributed by atoms with Gasteiger partial charge in [0.1, 0.15) is 6.07 Å². The van der Waals surface area contributed by atoms with Crippen LogP contribution in [0.5, 0.6) is 0 Å². The summed E-state index contributed by atoms with van der Waals surface area (Å²) in [5.41, 5.74) is 2.24. The van der Waals surface area contributed by atoms with E-state index in [1.54, 1.807) is 6.20 Å². The van der Waals surface area contributed by atoms with Crippen molar-refractivity contribution in [3.8, 4) is 12.1 Å². The monoisotopic (exact) mass is 236 g/mol. The molecule has 0 saturated heterocycles. The third-order valence-corrected chi connectivity index (χ3v) is 2.81. The number of para-hydroxylation sites is 1. The van der Waals surface area contributed by atoms with E-state index < -0.39 is 0 Å². The fraction of sp³-hybridized carbons (Fsp3) is 0.214. The predicted molar refractivity (Wildman–Crippen MR) is 70.0 cm³/mol. The van der Waals surface area contributed by atoms with Gasteiger partial charge in [-0.2, -0.15) is 10.5 Å². The Kier molecular flexibility index (Phi) is 3.41. The Labute approximate surface area is 106 Å². The van der Waals surface area contributed by atoms with Gasteiger partial charge in [0.05, 0.1) is 29.3 Å². The first-order chi connectivity index (χ1) is 8.77. The zero-order valence-corrected chi connectivity index (χ0v) is 10.1. The molecule has 0 unspecified atom stereocenters. The minimum atomic E-state index is 0.429. The molecule has 0 radical (unpaired) electrons. The number of nitriles is 2. The van der Waals surface area contributed by atoms with Gasteiger partial charge in [0.25, 0.3) is 0 Å². The van der Waals surface area contributed by atoms with E-state index in [0.29, 0.717) is 18.5 Å². The number of anilines is 1. The molecule has 4 heteroatoms. The fourth-order valence-electron chi connectivity index (χ4n) is 1.95. The van der Waals surface area contributed by atoms with E-state index in [9.17, 15) is 5.26 Å². The van der Waals surface area contributed by atoms with Gasteiger partial charge < -0.3 is 4.90 Å². The van der Waals surface area contributed by atoms with Crippen molar-refractivity contribution in [2.75, 3.05) is 18.5 Å². The van der Waals surface area contributed by atoms with Crippen molar-refractivity contribution in [1.29, 1.82) is 10.5 Å². The minimum absolute atomic E-state index is 0.429. The highest BCUT2D eigenvalue weighted by Gasteiger charge is 2.12. The maximum atomic E-state index is 9.17. The summed E-state index contributed by atoms with van der Waals surface area (Å²) in [6.45, 7) is 0.596. The van der Waals surface area contributed by atoms with E-state index in [1.807, 2.05) is 36.2 Å². The normalized spacial score (nSPS) is 9.72. The summed E-state index contributed by atoms with van der Waals surface area (Å²) in [6, 6.07) is 12.0. The van der Waals surface area contributed by atoms with Crippen molar-refractivity contribution in [3.63, 3.8) is 0 Å². The van der Waals surface area contributed by atoms with Crippen molar-refractivity contribution >= 4 is 16.6 Å². The molecular weight excluding hydrogens is 224 g/mol. The summed E-state index contributed by atoms with van der Waals surface area (Å²) >= 11 is 0. The van der Waals surface area contributed by atoms with Crippen LogP contribution < -0.4 is 4.90 Å². The van der Waals surface area contributed by atoms with Gasteiger partial charge in [-0.05, 0) is 6.07 Å². The van der Waals surface area contributed by atoms with Gasteiger partial charge in [-0.25, -0.2) is 0 Å². The van der Waals surface area contributed by atoms with Gasteiger partial charge in [-0.3, -0.25) is 4.98 Å². The lowest BCUT2D eigenvalue weighted by Gasteiger charge is -2.20. The SMILES string of the molecule is CN(CCC#N)c1c(C#N)cnc2ccccc12. The van der Waals surface area contributed by atoms with Gasteiger partial charge in [0, 0.05) is 25.2 Å². The molecule has 88 valence electrons. The summed E-state index contributed by atoms with van der Waals surface area (Å²) in [5, 5.41) is 18.8. The molecule has 4 nitrogen and oxygen atoms in total. The molecule has 2 aromatic rings. The van der Waals surface area contributed by atoms with Gasteiger partial charge in [-0.15, -0.1) is 0 Å². The fourth-order valence-corrected chi connectivity index (χ4v) is 1.95. The van der Waals surface area contributed by atoms with Crippen LogP contribution in [0, 0.1) is 22.7 Å². The lowest BCUT2D eigenvalue weighted by molar-refractivity contribution is 0.906. The molecule has 1 heterocycles. The Morgan fingerprint density at radius 3 is 2.78 bits per heavy atom. The van der Waals surface area contributed by atoms with Crippen LogP contribution >= 0.6 is 0 Å². The first kappa shape index (κ1) is 11.9. The molecule has 0 aliphatic rings. The number of fused-ring (bicyclic) bond motifs is 1. The number of nitrogens with zero attached hydrogens (tertiary/aromatic N) is 4. The third kappa shape index (κ3) is 2.09. The standard InChI is InChI=1S/C14H12N4/c1-18(8-4-7-15)14-11(9-16)10-17-13-6-3-2-5-12(13)14/h2-3,5-6,10H,4,8H2,1H3. The largest absolute Gasteiger partial charge is 0.372 e. The molecule has 0 atom stereocenters. The zero-order chi connectivity index (χ0) is 13.0. The third-order valence-electron chi connectivity index (χ3n) is 2.81. The maximum Gasteiger partial charge on any atom is 0.103 e. The molecule has 1 aromatic heterocycles. The number of hydrogen-bond acceptors (Lipinski definition) is 4. The van der Waals surface area contributed by atoms with Gasteiger partial charge >= 0.3 is 0 Å². The summed E-state index contributed by atoms with van der Waals surface area (Å²) in [4.78, 5) is 6.20. The summed E-state index contributed by atoms with van der Waals surface area (Å²) in [6.07, 6.45) is 2.01. The molecule has 2 rings (SSSR count). The average Bonchev–Trinajstić information content (AvgIpc) is 2.43. The lowest BCUT2D eigenvalue weighted by Crippen LogP contribution is -2.19. The summed E-state index contributed by atoms with van der Waals surface area (Å²) in [7, 11) is 1.89. The van der Waals surface area contributed by atoms with Crippen LogP contribution in [0.2, 0.25) is 0 Å². The molecule has 0 N–H and O–H groups in total. The second-order valence-electron chi connectivity index (χ2n) is 3.98. The topological polar surface area (TPSA) is 63.7 Å². The number of aromatic nitrogens is 1. The average molecular weight is 236 g/mol. The lowest BCUT2D eigenvalue weighted by atomic mass is 10.1. The van der Waals surface area contributed by atoms with Gasteiger partial charge in [0.15, 0.2) is 0 Å². The van der Waals surface area contributed by atoms with Crippen molar-refractivity contribution in [1.82, 2.24) is 4.98 Å². The van der Waals surface area contributed by atoms with Crippen molar-refractivity contribution in [2.24, 2.45) is 0 Å². The first-order valence-electron chi connectivity index (χ1n) is 5.64. The molecular formula is C14H12N4. The number of rotatable bonds is 3. The van der Waals surface area contributed by atoms with E-state index in [1.165, 1.54) is 0 Å². The van der Waals surface area contributed by atoms with Crippen molar-refractivity contribution in [3.05, 3.63) is 36.0 Å². The quantitative estimate of drug-likeness (QED) is 0.821. The van der Waals surface area contributed by atoms with Crippen LogP contribution in [0.4, 0.5) is 5.69 Å². The Bertz CT molecular complexity index is 649. The highest BCUT2D eigenvalue weighted by Crippen LogP contribution is 2.28. The van der Waals surface area contributed by atoms with E-state index >= 15 is 0 Å². The molecule has 18 heavy (non-hydrogen) atoms. The molecule has 1 aromatic carbocycles. The number of hydrogen-bond donors (Lipinski definition) is 0. The summed E-state index contributed by atoms with van der Waals surface area (Å²) in [5.74, 6) is 0. The number of pyridine rings is 1. The van der Waals surface area contributed by atoms with Crippen molar-refractivity contribution < 1.29 is 0 Å². The first-order valence-corrected chi connectivity index (χ1v) is 5.64. The smallest absolute Gasteiger partial charge is 0.103 e. The van der Waals surface area contributed by atoms with Crippen LogP contribution in [0.1, 0.15) is 12.0 Å². The highest BCUT2D eigenvalue weighted by atomic mass is 15.1. The Morgan fingerprint density at radius 2 is 2.06 bits per heavy atom. The number of benzene rings is 1. The predicted octanol–water partition coefficient (Wildman–Crippen LogP) is 2.46. The van der Waals surface area contributed by atoms with Gasteiger partial charge in [-0.1, -0.05) is 18.2 Å². The maximum absolute atomic E-state index is 9.17. The molecule has 0 amide bonds.